The first-order chi connectivity index (χ1) is 6.27. The highest BCUT2D eigenvalue weighted by Gasteiger charge is 1.98. The van der Waals surface area contributed by atoms with Gasteiger partial charge in [-0.15, -0.1) is 0 Å². The Morgan fingerprint density at radius 2 is 2.15 bits per heavy atom. The number of benzene rings is 1. The second-order valence-electron chi connectivity index (χ2n) is 3.08. The van der Waals surface area contributed by atoms with Gasteiger partial charge in [0.15, 0.2) is 0 Å². The van der Waals surface area contributed by atoms with Crippen LogP contribution < -0.4 is 10.1 Å². The predicted octanol–water partition coefficient (Wildman–Crippen LogP) is 2.11. The molecule has 0 aliphatic heterocycles. The lowest BCUT2D eigenvalue weighted by Crippen LogP contribution is -2.11. The molecule has 0 heterocycles. The van der Waals surface area contributed by atoms with E-state index in [-0.39, 0.29) is 0 Å². The number of rotatable bonds is 4. The minimum absolute atomic E-state index is 0.932. The Hall–Kier alpha value is -1.02. The minimum atomic E-state index is 0.932. The molecule has 72 valence electrons. The zero-order valence-electron chi connectivity index (χ0n) is 8.55. The molecule has 1 aromatic rings. The van der Waals surface area contributed by atoms with E-state index < -0.39 is 0 Å². The van der Waals surface area contributed by atoms with Crippen LogP contribution in [0.2, 0.25) is 0 Å². The summed E-state index contributed by atoms with van der Waals surface area (Å²) in [5.74, 6) is 0.959. The highest BCUT2D eigenvalue weighted by Crippen LogP contribution is 2.18. The van der Waals surface area contributed by atoms with Crippen LogP contribution in [0.15, 0.2) is 18.2 Å². The predicted molar refractivity (Wildman–Crippen MR) is 55.1 cm³/mol. The van der Waals surface area contributed by atoms with Crippen LogP contribution in [0, 0.1) is 6.92 Å². The topological polar surface area (TPSA) is 21.3 Å². The number of ether oxygens (including phenoxy) is 1. The summed E-state index contributed by atoms with van der Waals surface area (Å²) in [6.45, 7) is 6.11. The van der Waals surface area contributed by atoms with E-state index in [4.69, 9.17) is 4.74 Å². The van der Waals surface area contributed by atoms with Crippen molar-refractivity contribution in [3.63, 3.8) is 0 Å². The number of hydrogen-bond donors (Lipinski definition) is 1. The zero-order valence-corrected chi connectivity index (χ0v) is 8.55. The van der Waals surface area contributed by atoms with E-state index in [1.165, 1.54) is 11.1 Å². The Balaban J connectivity index is 2.71. The minimum Gasteiger partial charge on any atom is -0.496 e. The summed E-state index contributed by atoms with van der Waals surface area (Å²) in [4.78, 5) is 0. The van der Waals surface area contributed by atoms with E-state index >= 15 is 0 Å². The molecule has 0 atom stereocenters. The van der Waals surface area contributed by atoms with Gasteiger partial charge in [-0.3, -0.25) is 0 Å². The maximum Gasteiger partial charge on any atom is 0.121 e. The molecule has 0 aliphatic rings. The maximum absolute atomic E-state index is 5.18. The Labute approximate surface area is 79.9 Å². The fourth-order valence-electron chi connectivity index (χ4n) is 1.32. The standard InChI is InChI=1S/C11H17NO/c1-4-12-8-10-5-6-11(13-3)9(2)7-10/h5-7,12H,4,8H2,1-3H3. The molecule has 0 unspecified atom stereocenters. The molecule has 0 aromatic heterocycles. The lowest BCUT2D eigenvalue weighted by atomic mass is 10.1. The molecule has 13 heavy (non-hydrogen) atoms. The number of nitrogens with one attached hydrogen (secondary N) is 1. The van der Waals surface area contributed by atoms with Gasteiger partial charge < -0.3 is 10.1 Å². The third kappa shape index (κ3) is 2.74. The molecule has 0 amide bonds. The Bertz CT molecular complexity index is 271. The van der Waals surface area contributed by atoms with E-state index in [1.807, 2.05) is 6.07 Å². The van der Waals surface area contributed by atoms with Gasteiger partial charge in [-0.05, 0) is 30.7 Å². The molecular weight excluding hydrogens is 162 g/mol. The quantitative estimate of drug-likeness (QED) is 0.764. The highest BCUT2D eigenvalue weighted by atomic mass is 16.5. The summed E-state index contributed by atoms with van der Waals surface area (Å²) >= 11 is 0. The summed E-state index contributed by atoms with van der Waals surface area (Å²) in [5.41, 5.74) is 2.50. The normalized spacial score (nSPS) is 10.1. The third-order valence-corrected chi connectivity index (χ3v) is 2.04. The van der Waals surface area contributed by atoms with Gasteiger partial charge in [0.1, 0.15) is 5.75 Å². The van der Waals surface area contributed by atoms with E-state index in [0.717, 1.165) is 18.8 Å². The Kier molecular flexibility index (Phi) is 3.77. The molecule has 1 rings (SSSR count). The van der Waals surface area contributed by atoms with E-state index in [9.17, 15) is 0 Å². The second-order valence-corrected chi connectivity index (χ2v) is 3.08. The fourth-order valence-corrected chi connectivity index (χ4v) is 1.32. The van der Waals surface area contributed by atoms with Crippen molar-refractivity contribution in [1.82, 2.24) is 5.32 Å². The van der Waals surface area contributed by atoms with E-state index in [0.29, 0.717) is 0 Å². The third-order valence-electron chi connectivity index (χ3n) is 2.04. The highest BCUT2D eigenvalue weighted by molar-refractivity contribution is 5.36. The van der Waals surface area contributed by atoms with Gasteiger partial charge in [0.25, 0.3) is 0 Å². The monoisotopic (exact) mass is 179 g/mol. The smallest absolute Gasteiger partial charge is 0.121 e. The molecule has 1 aromatic carbocycles. The average molecular weight is 179 g/mol. The van der Waals surface area contributed by atoms with Crippen molar-refractivity contribution in [3.8, 4) is 5.75 Å². The Morgan fingerprint density at radius 1 is 1.38 bits per heavy atom. The molecular formula is C11H17NO. The number of hydrogen-bond acceptors (Lipinski definition) is 2. The van der Waals surface area contributed by atoms with Crippen LogP contribution in [0.4, 0.5) is 0 Å². The molecule has 0 fully saturated rings. The largest absolute Gasteiger partial charge is 0.496 e. The van der Waals surface area contributed by atoms with Crippen molar-refractivity contribution in [2.45, 2.75) is 20.4 Å². The van der Waals surface area contributed by atoms with Gasteiger partial charge in [0.05, 0.1) is 7.11 Å². The summed E-state index contributed by atoms with van der Waals surface area (Å²) in [6.07, 6.45) is 0. The summed E-state index contributed by atoms with van der Waals surface area (Å²) in [5, 5.41) is 3.29. The van der Waals surface area contributed by atoms with Crippen LogP contribution in [0.1, 0.15) is 18.1 Å². The first kappa shape index (κ1) is 10.1. The molecule has 0 spiro atoms. The van der Waals surface area contributed by atoms with Crippen molar-refractivity contribution >= 4 is 0 Å². The molecule has 0 bridgehead atoms. The fraction of sp³-hybridized carbons (Fsp3) is 0.455. The van der Waals surface area contributed by atoms with Gasteiger partial charge >= 0.3 is 0 Å². The number of aryl methyl sites for hydroxylation is 1. The van der Waals surface area contributed by atoms with Crippen molar-refractivity contribution in [1.29, 1.82) is 0 Å². The Morgan fingerprint density at radius 3 is 2.69 bits per heavy atom. The molecule has 0 saturated heterocycles. The van der Waals surface area contributed by atoms with Gasteiger partial charge in [-0.2, -0.15) is 0 Å². The van der Waals surface area contributed by atoms with E-state index in [1.54, 1.807) is 7.11 Å². The molecule has 0 saturated carbocycles. The molecule has 0 radical (unpaired) electrons. The summed E-state index contributed by atoms with van der Waals surface area (Å²) in [6, 6.07) is 6.26. The van der Waals surface area contributed by atoms with Crippen LogP contribution in [0.3, 0.4) is 0 Å². The first-order valence-electron chi connectivity index (χ1n) is 4.62. The lowest BCUT2D eigenvalue weighted by molar-refractivity contribution is 0.411. The van der Waals surface area contributed by atoms with Crippen LogP contribution in [-0.4, -0.2) is 13.7 Å². The average Bonchev–Trinajstić information content (AvgIpc) is 2.15. The molecule has 0 aliphatic carbocycles. The van der Waals surface area contributed by atoms with Crippen molar-refractivity contribution in [2.24, 2.45) is 0 Å². The molecule has 2 heteroatoms. The number of methoxy groups -OCH3 is 1. The maximum atomic E-state index is 5.18. The van der Waals surface area contributed by atoms with Gasteiger partial charge in [0, 0.05) is 6.54 Å². The lowest BCUT2D eigenvalue weighted by Gasteiger charge is -2.07. The van der Waals surface area contributed by atoms with Crippen LogP contribution in [0.25, 0.3) is 0 Å². The van der Waals surface area contributed by atoms with Crippen molar-refractivity contribution in [2.75, 3.05) is 13.7 Å². The van der Waals surface area contributed by atoms with Gasteiger partial charge in [0.2, 0.25) is 0 Å². The molecule has 2 nitrogen and oxygen atoms in total. The van der Waals surface area contributed by atoms with E-state index in [2.05, 4.69) is 31.3 Å². The SMILES string of the molecule is CCNCc1ccc(OC)c(C)c1. The van der Waals surface area contributed by atoms with Gasteiger partial charge in [-0.1, -0.05) is 19.1 Å². The first-order valence-corrected chi connectivity index (χ1v) is 4.62. The summed E-state index contributed by atoms with van der Waals surface area (Å²) < 4.78 is 5.18. The van der Waals surface area contributed by atoms with Crippen LogP contribution >= 0.6 is 0 Å². The van der Waals surface area contributed by atoms with Crippen LogP contribution in [-0.2, 0) is 6.54 Å². The summed E-state index contributed by atoms with van der Waals surface area (Å²) in [7, 11) is 1.70. The van der Waals surface area contributed by atoms with Gasteiger partial charge in [-0.25, -0.2) is 0 Å². The zero-order chi connectivity index (χ0) is 9.68. The van der Waals surface area contributed by atoms with Crippen LogP contribution in [0.5, 0.6) is 5.75 Å². The molecule has 1 N–H and O–H groups in total. The van der Waals surface area contributed by atoms with Crippen molar-refractivity contribution < 1.29 is 4.74 Å². The van der Waals surface area contributed by atoms with Crippen molar-refractivity contribution in [3.05, 3.63) is 29.3 Å². The second kappa shape index (κ2) is 4.87.